The van der Waals surface area contributed by atoms with Crippen LogP contribution in [0, 0.1) is 5.92 Å². The van der Waals surface area contributed by atoms with Crippen LogP contribution in [-0.4, -0.2) is 4.57 Å². The first-order chi connectivity index (χ1) is 5.68. The Labute approximate surface area is 98.0 Å². The van der Waals surface area contributed by atoms with E-state index in [1.165, 1.54) is 12.8 Å². The molecule has 0 amide bonds. The minimum Gasteiger partial charge on any atom is -0.240 e. The van der Waals surface area contributed by atoms with Gasteiger partial charge in [-0.05, 0) is 18.8 Å². The van der Waals surface area contributed by atoms with Gasteiger partial charge in [-0.25, -0.2) is 9.13 Å². The van der Waals surface area contributed by atoms with Crippen LogP contribution in [0.4, 0.5) is 0 Å². The fourth-order valence-corrected chi connectivity index (χ4v) is 1.32. The van der Waals surface area contributed by atoms with Crippen LogP contribution in [0.25, 0.3) is 0 Å². The Morgan fingerprint density at radius 3 is 2.54 bits per heavy atom. The van der Waals surface area contributed by atoms with E-state index in [-0.39, 0.29) is 24.0 Å². The number of halogens is 1. The first-order valence-corrected chi connectivity index (χ1v) is 4.69. The molecule has 0 aromatic carbocycles. The van der Waals surface area contributed by atoms with E-state index in [4.69, 9.17) is 0 Å². The van der Waals surface area contributed by atoms with Gasteiger partial charge in [0, 0.05) is 0 Å². The van der Waals surface area contributed by atoms with Crippen molar-refractivity contribution in [3.63, 3.8) is 0 Å². The van der Waals surface area contributed by atoms with Crippen LogP contribution in [0.15, 0.2) is 18.7 Å². The third-order valence-electron chi connectivity index (χ3n) is 2.02. The van der Waals surface area contributed by atoms with E-state index in [9.17, 15) is 0 Å². The summed E-state index contributed by atoms with van der Waals surface area (Å²) in [4.78, 5) is 0. The molecule has 2 nitrogen and oxygen atoms in total. The van der Waals surface area contributed by atoms with Gasteiger partial charge < -0.3 is 0 Å². The molecule has 0 bridgehead atoms. The number of aryl methyl sites for hydroxylation is 2. The fraction of sp³-hybridized carbons (Fsp3) is 0.700. The molecule has 0 saturated carbocycles. The van der Waals surface area contributed by atoms with Gasteiger partial charge in [0.1, 0.15) is 12.4 Å². The van der Waals surface area contributed by atoms with Crippen molar-refractivity contribution < 1.29 is 28.5 Å². The maximum atomic E-state index is 2.27. The number of rotatable bonds is 4. The SMILES string of the molecule is CC(C)CCCn1cc[n+](C)c1.[IH2+]. The lowest BCUT2D eigenvalue weighted by Crippen LogP contribution is -3.00. The molecule has 0 atom stereocenters. The van der Waals surface area contributed by atoms with Gasteiger partial charge >= 0.3 is 0 Å². The second kappa shape index (κ2) is 6.40. The average Bonchev–Trinajstić information content (AvgIpc) is 2.35. The molecule has 0 saturated heterocycles. The Balaban J connectivity index is 0.00000144. The fourth-order valence-electron chi connectivity index (χ4n) is 1.32. The number of nitrogens with zero attached hydrogens (tertiary/aromatic N) is 2. The minimum absolute atomic E-state index is 0. The summed E-state index contributed by atoms with van der Waals surface area (Å²) in [5.74, 6) is 0.828. The molecule has 0 fully saturated rings. The number of hydrogen-bond acceptors (Lipinski definition) is 0. The van der Waals surface area contributed by atoms with Crippen LogP contribution in [0.1, 0.15) is 26.7 Å². The first-order valence-electron chi connectivity index (χ1n) is 4.69. The van der Waals surface area contributed by atoms with Gasteiger partial charge in [0.15, 0.2) is 0 Å². The molecule has 0 spiro atoms. The molecule has 0 aliphatic rings. The quantitative estimate of drug-likeness (QED) is 0.459. The highest BCUT2D eigenvalue weighted by molar-refractivity contribution is 4.65. The minimum atomic E-state index is 0. The lowest BCUT2D eigenvalue weighted by atomic mass is 10.1. The van der Waals surface area contributed by atoms with E-state index >= 15 is 0 Å². The normalized spacial score (nSPS) is 10.2. The summed E-state index contributed by atoms with van der Waals surface area (Å²) >= 11 is 0. The van der Waals surface area contributed by atoms with Crippen LogP contribution in [0.5, 0.6) is 0 Å². The number of aromatic nitrogens is 2. The van der Waals surface area contributed by atoms with E-state index in [2.05, 4.69) is 48.8 Å². The van der Waals surface area contributed by atoms with Crippen molar-refractivity contribution in [1.82, 2.24) is 4.57 Å². The number of hydrogen-bond donors (Lipinski definition) is 0. The van der Waals surface area contributed by atoms with Gasteiger partial charge in [0.2, 0.25) is 30.3 Å². The van der Waals surface area contributed by atoms with E-state index in [0.717, 1.165) is 12.5 Å². The van der Waals surface area contributed by atoms with Crippen molar-refractivity contribution in [2.45, 2.75) is 33.2 Å². The molecule has 0 radical (unpaired) electrons. The summed E-state index contributed by atoms with van der Waals surface area (Å²) in [5, 5.41) is 0. The Morgan fingerprint density at radius 1 is 1.38 bits per heavy atom. The van der Waals surface area contributed by atoms with Crippen molar-refractivity contribution in [2.75, 3.05) is 0 Å². The predicted molar refractivity (Wildman–Crippen MR) is 52.5 cm³/mol. The maximum absolute atomic E-state index is 2.27. The maximum Gasteiger partial charge on any atom is 0.243 e. The second-order valence-corrected chi connectivity index (χ2v) is 3.85. The Kier molecular flexibility index (Phi) is 6.37. The molecule has 3 heteroatoms. The number of imidazole rings is 1. The first kappa shape index (κ1) is 12.9. The van der Waals surface area contributed by atoms with E-state index in [1.54, 1.807) is 0 Å². The van der Waals surface area contributed by atoms with E-state index < -0.39 is 0 Å². The average molecular weight is 296 g/mol. The van der Waals surface area contributed by atoms with Crippen LogP contribution < -0.4 is 28.5 Å². The zero-order valence-corrected chi connectivity index (χ0v) is 11.3. The van der Waals surface area contributed by atoms with Crippen LogP contribution in [-0.2, 0) is 13.6 Å². The van der Waals surface area contributed by atoms with Crippen molar-refractivity contribution in [1.29, 1.82) is 0 Å². The Hall–Kier alpha value is -0.0600. The van der Waals surface area contributed by atoms with Gasteiger partial charge in [0.05, 0.1) is 13.6 Å². The molecule has 1 aromatic rings. The highest BCUT2D eigenvalue weighted by Gasteiger charge is 2.00. The molecule has 0 unspecified atom stereocenters. The smallest absolute Gasteiger partial charge is 0.240 e. The lowest BCUT2D eigenvalue weighted by molar-refractivity contribution is -0.671. The standard InChI is InChI=1S/C10H19N2.H2I/c1-10(2)5-4-6-12-8-7-11(3)9-12;/h7-10H,4-6H2,1-3H3;1H2/q2*+1. The summed E-state index contributed by atoms with van der Waals surface area (Å²) < 4.78 is 4.32. The van der Waals surface area contributed by atoms with Crippen LogP contribution in [0.2, 0.25) is 0 Å². The second-order valence-electron chi connectivity index (χ2n) is 3.85. The molecule has 0 N–H and O–H groups in total. The zero-order chi connectivity index (χ0) is 8.97. The van der Waals surface area contributed by atoms with Crippen LogP contribution >= 0.6 is 0 Å². The van der Waals surface area contributed by atoms with Crippen molar-refractivity contribution in [3.8, 4) is 0 Å². The van der Waals surface area contributed by atoms with E-state index in [1.807, 2.05) is 0 Å². The van der Waals surface area contributed by atoms with E-state index in [0.29, 0.717) is 0 Å². The third kappa shape index (κ3) is 5.29. The summed E-state index contributed by atoms with van der Waals surface area (Å²) in [6.45, 7) is 5.70. The highest BCUT2D eigenvalue weighted by Crippen LogP contribution is 2.04. The molecule has 0 aliphatic heterocycles. The molecule has 1 heterocycles. The van der Waals surface area contributed by atoms with Gasteiger partial charge in [-0.1, -0.05) is 13.8 Å². The van der Waals surface area contributed by atoms with Crippen molar-refractivity contribution in [2.24, 2.45) is 13.0 Å². The van der Waals surface area contributed by atoms with Crippen LogP contribution in [0.3, 0.4) is 0 Å². The summed E-state index contributed by atoms with van der Waals surface area (Å²) in [6.07, 6.45) is 8.93. The summed E-state index contributed by atoms with van der Waals surface area (Å²) in [6, 6.07) is 0. The third-order valence-corrected chi connectivity index (χ3v) is 2.02. The predicted octanol–water partition coefficient (Wildman–Crippen LogP) is -1.78. The summed E-state index contributed by atoms with van der Waals surface area (Å²) in [5.41, 5.74) is 0. The molecular weight excluding hydrogens is 275 g/mol. The monoisotopic (exact) mass is 296 g/mol. The lowest BCUT2D eigenvalue weighted by Gasteiger charge is -2.01. The highest BCUT2D eigenvalue weighted by atomic mass is 127. The van der Waals surface area contributed by atoms with Gasteiger partial charge in [-0.2, -0.15) is 0 Å². The van der Waals surface area contributed by atoms with Gasteiger partial charge in [0.25, 0.3) is 0 Å². The molecule has 1 rings (SSSR count). The van der Waals surface area contributed by atoms with Crippen molar-refractivity contribution >= 4 is 0 Å². The van der Waals surface area contributed by atoms with Gasteiger partial charge in [-0.15, -0.1) is 0 Å². The Morgan fingerprint density at radius 2 is 2.08 bits per heavy atom. The van der Waals surface area contributed by atoms with Crippen molar-refractivity contribution in [3.05, 3.63) is 18.7 Å². The molecule has 1 aromatic heterocycles. The molecular formula is C10H21IN2+2. The largest absolute Gasteiger partial charge is 0.243 e. The zero-order valence-electron chi connectivity index (χ0n) is 8.77. The van der Waals surface area contributed by atoms with Gasteiger partial charge in [-0.3, -0.25) is 0 Å². The topological polar surface area (TPSA) is 8.81 Å². The molecule has 13 heavy (non-hydrogen) atoms. The molecule has 76 valence electrons. The molecule has 0 aliphatic carbocycles. The summed E-state index contributed by atoms with van der Waals surface area (Å²) in [7, 11) is 2.05. The Bertz CT molecular complexity index is 231.